The molecule has 1 N–H and O–H groups in total. The molecule has 0 saturated heterocycles. The molecule has 152 valence electrons. The Balaban J connectivity index is 0.00000280. The van der Waals surface area contributed by atoms with Gasteiger partial charge >= 0.3 is 0 Å². The molecule has 2 aliphatic rings. The molecule has 0 aromatic heterocycles. The highest BCUT2D eigenvalue weighted by Gasteiger charge is 2.37. The van der Waals surface area contributed by atoms with Gasteiger partial charge in [0.1, 0.15) is 11.6 Å². The van der Waals surface area contributed by atoms with Crippen LogP contribution in [0.5, 0.6) is 5.75 Å². The van der Waals surface area contributed by atoms with Gasteiger partial charge in [0.25, 0.3) is 5.91 Å². The van der Waals surface area contributed by atoms with Crippen molar-refractivity contribution in [3.63, 3.8) is 0 Å². The van der Waals surface area contributed by atoms with Crippen molar-refractivity contribution in [1.29, 1.82) is 0 Å². The highest BCUT2D eigenvalue weighted by atomic mass is 32.2. The van der Waals surface area contributed by atoms with E-state index >= 15 is 0 Å². The minimum atomic E-state index is -3.82. The summed E-state index contributed by atoms with van der Waals surface area (Å²) in [4.78, 5) is 12.0. The van der Waals surface area contributed by atoms with Gasteiger partial charge in [-0.2, -0.15) is 0 Å². The van der Waals surface area contributed by atoms with E-state index in [9.17, 15) is 26.4 Å². The van der Waals surface area contributed by atoms with Gasteiger partial charge in [0.2, 0.25) is 15.9 Å². The van der Waals surface area contributed by atoms with Crippen LogP contribution in [-0.2, 0) is 10.0 Å². The Kier molecular flexibility index (Phi) is 5.42. The smallest absolute Gasteiger partial charge is 0.267 e. The number of amides is 1. The molecule has 1 aromatic rings. The van der Waals surface area contributed by atoms with Gasteiger partial charge in [0.15, 0.2) is 0 Å². The van der Waals surface area contributed by atoms with E-state index in [-0.39, 0.29) is 44.0 Å². The number of halogens is 3. The highest BCUT2D eigenvalue weighted by molar-refractivity contribution is 7.89. The second-order valence-corrected chi connectivity index (χ2v) is 9.23. The van der Waals surface area contributed by atoms with E-state index in [4.69, 9.17) is 4.74 Å². The predicted octanol–water partition coefficient (Wildman–Crippen LogP) is 3.84. The lowest BCUT2D eigenvalue weighted by Crippen LogP contribution is -2.30. The van der Waals surface area contributed by atoms with Crippen LogP contribution in [0.1, 0.15) is 61.8 Å². The molecule has 2 fully saturated rings. The molecule has 0 radical (unpaired) electrons. The van der Waals surface area contributed by atoms with E-state index in [0.29, 0.717) is 18.4 Å². The number of sulfonamides is 1. The molecule has 3 rings (SSSR count). The zero-order valence-corrected chi connectivity index (χ0v) is 15.8. The summed E-state index contributed by atoms with van der Waals surface area (Å²) in [6, 6.07) is 2.35. The van der Waals surface area contributed by atoms with E-state index in [1.165, 1.54) is 6.07 Å². The molecule has 5 nitrogen and oxygen atoms in total. The molecule has 1 unspecified atom stereocenters. The third-order valence-electron chi connectivity index (χ3n) is 4.86. The Morgan fingerprint density at radius 2 is 2.04 bits per heavy atom. The topological polar surface area (TPSA) is 72.5 Å². The number of alkyl halides is 2. The summed E-state index contributed by atoms with van der Waals surface area (Å²) in [7, 11) is -3.82. The molecule has 0 aliphatic heterocycles. The first-order chi connectivity index (χ1) is 12.5. The van der Waals surface area contributed by atoms with Crippen molar-refractivity contribution < 1.29 is 32.5 Å². The fraction of sp³-hybridized carbons (Fsp3) is 0.611. The standard InChI is InChI=1S/C18H22F3NO4S.H2/c1-27(24,25)22-17(23)14-7-13(12-4-5-12)16(8-15(14)19)26-10-11-3-2-6-18(20,21)9-11;/h7-8,11-12H,2-6,9-10H2,1H3,(H,22,23);1H. The second kappa shape index (κ2) is 7.33. The summed E-state index contributed by atoms with van der Waals surface area (Å²) in [5.41, 5.74) is 0.233. The quantitative estimate of drug-likeness (QED) is 0.778. The van der Waals surface area contributed by atoms with Crippen molar-refractivity contribution in [1.82, 2.24) is 4.72 Å². The molecule has 2 saturated carbocycles. The summed E-state index contributed by atoms with van der Waals surface area (Å²) in [5.74, 6) is -4.63. The SMILES string of the molecule is CS(=O)(=O)NC(=O)c1cc(C2CC2)c(OCC2CCCC(F)(F)C2)cc1F.[HH]. The maximum atomic E-state index is 14.4. The maximum Gasteiger partial charge on any atom is 0.267 e. The number of carbonyl (C=O) groups is 1. The number of hydrogen-bond donors (Lipinski definition) is 1. The third kappa shape index (κ3) is 5.37. The van der Waals surface area contributed by atoms with Gasteiger partial charge in [-0.25, -0.2) is 26.3 Å². The number of rotatable bonds is 6. The van der Waals surface area contributed by atoms with Crippen LogP contribution in [0.25, 0.3) is 0 Å². The van der Waals surface area contributed by atoms with Gasteiger partial charge < -0.3 is 4.74 Å². The van der Waals surface area contributed by atoms with E-state index in [2.05, 4.69) is 0 Å². The second-order valence-electron chi connectivity index (χ2n) is 7.48. The van der Waals surface area contributed by atoms with Gasteiger partial charge in [-0.05, 0) is 49.1 Å². The Labute approximate surface area is 157 Å². The van der Waals surface area contributed by atoms with Crippen LogP contribution in [0.3, 0.4) is 0 Å². The minimum absolute atomic E-state index is 0. The summed E-state index contributed by atoms with van der Waals surface area (Å²) < 4.78 is 71.3. The van der Waals surface area contributed by atoms with Crippen LogP contribution in [0.15, 0.2) is 12.1 Å². The molecule has 0 heterocycles. The third-order valence-corrected chi connectivity index (χ3v) is 5.41. The Morgan fingerprint density at radius 1 is 1.33 bits per heavy atom. The van der Waals surface area contributed by atoms with Crippen LogP contribution in [0, 0.1) is 11.7 Å². The first-order valence-corrected chi connectivity index (χ1v) is 10.8. The molecule has 2 aliphatic carbocycles. The molecule has 0 bridgehead atoms. The summed E-state index contributed by atoms with van der Waals surface area (Å²) in [6.07, 6.45) is 3.19. The van der Waals surface area contributed by atoms with Gasteiger partial charge in [-0.15, -0.1) is 0 Å². The van der Waals surface area contributed by atoms with Crippen molar-refractivity contribution in [3.8, 4) is 5.75 Å². The van der Waals surface area contributed by atoms with Gasteiger partial charge in [0.05, 0.1) is 18.4 Å². The lowest BCUT2D eigenvalue weighted by Gasteiger charge is -2.29. The summed E-state index contributed by atoms with van der Waals surface area (Å²) in [6.45, 7) is 0.0592. The van der Waals surface area contributed by atoms with E-state index in [0.717, 1.165) is 25.2 Å². The van der Waals surface area contributed by atoms with Crippen LogP contribution >= 0.6 is 0 Å². The van der Waals surface area contributed by atoms with Crippen LogP contribution < -0.4 is 9.46 Å². The van der Waals surface area contributed by atoms with Crippen molar-refractivity contribution >= 4 is 15.9 Å². The Morgan fingerprint density at radius 3 is 2.63 bits per heavy atom. The van der Waals surface area contributed by atoms with Crippen molar-refractivity contribution in [3.05, 3.63) is 29.1 Å². The van der Waals surface area contributed by atoms with E-state index in [1.807, 2.05) is 0 Å². The average Bonchev–Trinajstić information content (AvgIpc) is 3.35. The number of ether oxygens (including phenoxy) is 1. The highest BCUT2D eigenvalue weighted by Crippen LogP contribution is 2.45. The van der Waals surface area contributed by atoms with Crippen LogP contribution in [-0.4, -0.2) is 33.1 Å². The van der Waals surface area contributed by atoms with E-state index in [1.54, 1.807) is 4.72 Å². The van der Waals surface area contributed by atoms with Gasteiger partial charge in [-0.1, -0.05) is 0 Å². The van der Waals surface area contributed by atoms with Crippen LogP contribution in [0.4, 0.5) is 13.2 Å². The molecule has 1 atom stereocenters. The number of hydrogen-bond acceptors (Lipinski definition) is 4. The zero-order chi connectivity index (χ0) is 19.8. The molecular weight excluding hydrogens is 383 g/mol. The summed E-state index contributed by atoms with van der Waals surface area (Å²) >= 11 is 0. The maximum absolute atomic E-state index is 14.4. The fourth-order valence-corrected chi connectivity index (χ4v) is 3.88. The first kappa shape index (κ1) is 20.0. The number of carbonyl (C=O) groups excluding carboxylic acids is 1. The summed E-state index contributed by atoms with van der Waals surface area (Å²) in [5, 5.41) is 0. The average molecular weight is 407 g/mol. The predicted molar refractivity (Wildman–Crippen MR) is 95.2 cm³/mol. The minimum Gasteiger partial charge on any atom is -0.493 e. The molecule has 27 heavy (non-hydrogen) atoms. The molecule has 1 amide bonds. The first-order valence-electron chi connectivity index (χ1n) is 8.90. The number of nitrogens with one attached hydrogen (secondary N) is 1. The molecule has 1 aromatic carbocycles. The Hall–Kier alpha value is -1.77. The van der Waals surface area contributed by atoms with Gasteiger partial charge in [0, 0.05) is 20.3 Å². The van der Waals surface area contributed by atoms with Crippen LogP contribution in [0.2, 0.25) is 0 Å². The molecular formula is C18H24F3NO4S. The van der Waals surface area contributed by atoms with Crippen molar-refractivity contribution in [2.75, 3.05) is 12.9 Å². The van der Waals surface area contributed by atoms with Gasteiger partial charge in [-0.3, -0.25) is 4.79 Å². The molecule has 0 spiro atoms. The fourth-order valence-electron chi connectivity index (χ4n) is 3.43. The lowest BCUT2D eigenvalue weighted by atomic mass is 9.87. The molecule has 9 heteroatoms. The number of benzene rings is 1. The monoisotopic (exact) mass is 407 g/mol. The largest absolute Gasteiger partial charge is 0.493 e. The normalized spacial score (nSPS) is 22.3. The van der Waals surface area contributed by atoms with Crippen molar-refractivity contribution in [2.45, 2.75) is 50.4 Å². The Bertz CT molecular complexity index is 843. The van der Waals surface area contributed by atoms with E-state index < -0.39 is 27.7 Å². The zero-order valence-electron chi connectivity index (χ0n) is 14.9. The lowest BCUT2D eigenvalue weighted by molar-refractivity contribution is -0.0586. The van der Waals surface area contributed by atoms with Crippen molar-refractivity contribution in [2.24, 2.45) is 5.92 Å².